The molecule has 0 heterocycles. The molecule has 1 aromatic rings. The van der Waals surface area contributed by atoms with Crippen molar-refractivity contribution in [2.45, 2.75) is 73.1 Å². The van der Waals surface area contributed by atoms with Crippen molar-refractivity contribution in [1.29, 1.82) is 0 Å². The lowest BCUT2D eigenvalue weighted by atomic mass is 10.1. The minimum Gasteiger partial charge on any atom is -0.444 e. The van der Waals surface area contributed by atoms with Gasteiger partial charge in [-0.05, 0) is 73.1 Å². The number of nitrogens with one attached hydrogen (secondary N) is 3. The van der Waals surface area contributed by atoms with Gasteiger partial charge in [0.1, 0.15) is 5.60 Å². The smallest absolute Gasteiger partial charge is 0.408 e. The van der Waals surface area contributed by atoms with E-state index in [-0.39, 0.29) is 29.9 Å². The molecule has 0 aliphatic carbocycles. The minimum atomic E-state index is -0.546. The summed E-state index contributed by atoms with van der Waals surface area (Å²) in [5.74, 6) is 0.689. The molecule has 0 saturated carbocycles. The number of hydrogen-bond acceptors (Lipinski definition) is 4. The van der Waals surface area contributed by atoms with Crippen LogP contribution in [0.25, 0.3) is 0 Å². The molecule has 0 bridgehead atoms. The number of guanidine groups is 1. The maximum Gasteiger partial charge on any atom is 0.408 e. The SMILES string of the molecule is CCNC(=NCc1ccc(C(=O)N(CC)CC)cc1)NCC(C)(C)NC(=O)OC(C)(C)C.I. The van der Waals surface area contributed by atoms with E-state index in [1.807, 2.05) is 79.7 Å². The van der Waals surface area contributed by atoms with E-state index < -0.39 is 17.2 Å². The third kappa shape index (κ3) is 12.1. The molecule has 8 nitrogen and oxygen atoms in total. The summed E-state index contributed by atoms with van der Waals surface area (Å²) in [4.78, 5) is 30.9. The highest BCUT2D eigenvalue weighted by molar-refractivity contribution is 14.0. The molecule has 1 rings (SSSR count). The van der Waals surface area contributed by atoms with Gasteiger partial charge in [0.2, 0.25) is 0 Å². The maximum atomic E-state index is 12.4. The van der Waals surface area contributed by atoms with Gasteiger partial charge < -0.3 is 25.6 Å². The molecule has 1 aromatic carbocycles. The molecule has 9 heteroatoms. The molecule has 0 fully saturated rings. The van der Waals surface area contributed by atoms with Crippen LogP contribution in [-0.4, -0.2) is 60.2 Å². The van der Waals surface area contributed by atoms with Gasteiger partial charge >= 0.3 is 6.09 Å². The first-order valence-electron chi connectivity index (χ1n) is 11.3. The zero-order valence-electron chi connectivity index (χ0n) is 21.4. The molecule has 188 valence electrons. The van der Waals surface area contributed by atoms with Crippen LogP contribution in [0, 0.1) is 0 Å². The fourth-order valence-corrected chi connectivity index (χ4v) is 2.89. The van der Waals surface area contributed by atoms with Crippen LogP contribution in [0.3, 0.4) is 0 Å². The van der Waals surface area contributed by atoms with Crippen molar-refractivity contribution in [3.63, 3.8) is 0 Å². The van der Waals surface area contributed by atoms with Crippen LogP contribution in [0.15, 0.2) is 29.3 Å². The van der Waals surface area contributed by atoms with E-state index >= 15 is 0 Å². The van der Waals surface area contributed by atoms with Gasteiger partial charge in [0.25, 0.3) is 5.91 Å². The van der Waals surface area contributed by atoms with Crippen molar-refractivity contribution in [3.05, 3.63) is 35.4 Å². The van der Waals surface area contributed by atoms with Crippen molar-refractivity contribution in [1.82, 2.24) is 20.9 Å². The van der Waals surface area contributed by atoms with Gasteiger partial charge in [-0.15, -0.1) is 24.0 Å². The Labute approximate surface area is 216 Å². The number of alkyl carbamates (subject to hydrolysis) is 1. The molecule has 0 aliphatic heterocycles. The van der Waals surface area contributed by atoms with Crippen molar-refractivity contribution in [2.24, 2.45) is 4.99 Å². The molecule has 0 atom stereocenters. The molecule has 0 aliphatic rings. The van der Waals surface area contributed by atoms with E-state index in [2.05, 4.69) is 20.9 Å². The molecule has 0 saturated heterocycles. The summed E-state index contributed by atoms with van der Waals surface area (Å²) in [7, 11) is 0. The Kier molecular flexibility index (Phi) is 13.4. The first-order chi connectivity index (χ1) is 14.9. The summed E-state index contributed by atoms with van der Waals surface area (Å²) < 4.78 is 5.34. The van der Waals surface area contributed by atoms with Crippen LogP contribution in [-0.2, 0) is 11.3 Å². The van der Waals surface area contributed by atoms with Crippen molar-refractivity contribution < 1.29 is 14.3 Å². The number of rotatable bonds is 9. The van der Waals surface area contributed by atoms with Gasteiger partial charge in [-0.2, -0.15) is 0 Å². The maximum absolute atomic E-state index is 12.4. The molecular formula is C24H42IN5O3. The Balaban J connectivity index is 0.0000102. The standard InChI is InChI=1S/C24H41N5O3.HI/c1-9-25-21(27-17-24(7,8)28-22(31)32-23(4,5)6)26-16-18-12-14-19(15-13-18)20(30)29(10-2)11-3;/h12-15H,9-11,16-17H2,1-8H3,(H,28,31)(H2,25,26,27);1H. The average Bonchev–Trinajstić information content (AvgIpc) is 2.69. The summed E-state index contributed by atoms with van der Waals surface area (Å²) in [5, 5.41) is 9.36. The van der Waals surface area contributed by atoms with Crippen LogP contribution in [0.5, 0.6) is 0 Å². The second-order valence-corrected chi connectivity index (χ2v) is 9.23. The highest BCUT2D eigenvalue weighted by Gasteiger charge is 2.24. The summed E-state index contributed by atoms with van der Waals surface area (Å²) in [6.45, 7) is 18.3. The number of halogens is 1. The molecule has 3 N–H and O–H groups in total. The zero-order valence-corrected chi connectivity index (χ0v) is 23.7. The topological polar surface area (TPSA) is 95.1 Å². The summed E-state index contributed by atoms with van der Waals surface area (Å²) in [5.41, 5.74) is 0.603. The number of aliphatic imine (C=N–C) groups is 1. The number of amides is 2. The molecule has 0 unspecified atom stereocenters. The Hall–Kier alpha value is -2.04. The Bertz CT molecular complexity index is 769. The molecule has 0 radical (unpaired) electrons. The summed E-state index contributed by atoms with van der Waals surface area (Å²) in [6, 6.07) is 7.55. The fourth-order valence-electron chi connectivity index (χ4n) is 2.89. The number of nitrogens with zero attached hydrogens (tertiary/aromatic N) is 2. The monoisotopic (exact) mass is 575 g/mol. The van der Waals surface area contributed by atoms with Crippen LogP contribution < -0.4 is 16.0 Å². The Morgan fingerprint density at radius 1 is 0.970 bits per heavy atom. The van der Waals surface area contributed by atoms with E-state index in [4.69, 9.17) is 4.74 Å². The molecule has 0 spiro atoms. The largest absolute Gasteiger partial charge is 0.444 e. The van der Waals surface area contributed by atoms with Gasteiger partial charge in [0.15, 0.2) is 5.96 Å². The highest BCUT2D eigenvalue weighted by atomic mass is 127. The summed E-state index contributed by atoms with van der Waals surface area (Å²) in [6.07, 6.45) is -0.453. The highest BCUT2D eigenvalue weighted by Crippen LogP contribution is 2.10. The fraction of sp³-hybridized carbons (Fsp3) is 0.625. The lowest BCUT2D eigenvalue weighted by Gasteiger charge is -2.29. The third-order valence-corrected chi connectivity index (χ3v) is 4.55. The van der Waals surface area contributed by atoms with Gasteiger partial charge in [0.05, 0.1) is 12.1 Å². The van der Waals surface area contributed by atoms with Crippen LogP contribution in [0.4, 0.5) is 4.79 Å². The zero-order chi connectivity index (χ0) is 24.4. The number of carbonyl (C=O) groups is 2. The van der Waals surface area contributed by atoms with E-state index in [1.54, 1.807) is 4.90 Å². The number of hydrogen-bond donors (Lipinski definition) is 3. The second-order valence-electron chi connectivity index (χ2n) is 9.23. The lowest BCUT2D eigenvalue weighted by Crippen LogP contribution is -2.54. The van der Waals surface area contributed by atoms with Crippen molar-refractivity contribution in [2.75, 3.05) is 26.2 Å². The van der Waals surface area contributed by atoms with E-state index in [9.17, 15) is 9.59 Å². The normalized spacial score (nSPS) is 11.8. The predicted octanol–water partition coefficient (Wildman–Crippen LogP) is 4.15. The molecule has 33 heavy (non-hydrogen) atoms. The number of carbonyl (C=O) groups excluding carboxylic acids is 2. The third-order valence-electron chi connectivity index (χ3n) is 4.55. The Morgan fingerprint density at radius 2 is 1.55 bits per heavy atom. The van der Waals surface area contributed by atoms with Crippen LogP contribution in [0.2, 0.25) is 0 Å². The molecule has 2 amide bonds. The van der Waals surface area contributed by atoms with E-state index in [0.29, 0.717) is 44.2 Å². The van der Waals surface area contributed by atoms with Gasteiger partial charge in [-0.1, -0.05) is 12.1 Å². The summed E-state index contributed by atoms with van der Waals surface area (Å²) >= 11 is 0. The van der Waals surface area contributed by atoms with Gasteiger partial charge in [-0.3, -0.25) is 4.79 Å². The van der Waals surface area contributed by atoms with Crippen LogP contribution >= 0.6 is 24.0 Å². The Morgan fingerprint density at radius 3 is 2.03 bits per heavy atom. The van der Waals surface area contributed by atoms with E-state index in [0.717, 1.165) is 5.56 Å². The van der Waals surface area contributed by atoms with Crippen molar-refractivity contribution >= 4 is 41.9 Å². The van der Waals surface area contributed by atoms with Gasteiger partial charge in [-0.25, -0.2) is 9.79 Å². The van der Waals surface area contributed by atoms with Crippen LogP contribution in [0.1, 0.15) is 71.3 Å². The lowest BCUT2D eigenvalue weighted by molar-refractivity contribution is 0.0473. The quantitative estimate of drug-likeness (QED) is 0.234. The first kappa shape index (κ1) is 31.0. The minimum absolute atomic E-state index is 0. The van der Waals surface area contributed by atoms with Crippen molar-refractivity contribution in [3.8, 4) is 0 Å². The molecule has 0 aromatic heterocycles. The number of ether oxygens (including phenoxy) is 1. The number of benzene rings is 1. The predicted molar refractivity (Wildman–Crippen MR) is 145 cm³/mol. The van der Waals surface area contributed by atoms with E-state index in [1.165, 1.54) is 0 Å². The second kappa shape index (κ2) is 14.3. The molecular weight excluding hydrogens is 533 g/mol. The first-order valence-corrected chi connectivity index (χ1v) is 11.3. The average molecular weight is 576 g/mol. The van der Waals surface area contributed by atoms with Gasteiger partial charge in [0, 0.05) is 31.7 Å².